The van der Waals surface area contributed by atoms with Gasteiger partial charge in [0.2, 0.25) is 11.7 Å². The smallest absolute Gasteiger partial charge is 0.376 e. The number of hydrogen-bond acceptors (Lipinski definition) is 5. The first kappa shape index (κ1) is 14.7. The van der Waals surface area contributed by atoms with Crippen LogP contribution in [-0.4, -0.2) is 24.7 Å². The Hall–Kier alpha value is -1.36. The molecule has 0 fully saturated rings. The highest BCUT2D eigenvalue weighted by molar-refractivity contribution is 5.87. The van der Waals surface area contributed by atoms with Crippen molar-refractivity contribution in [1.82, 2.24) is 4.98 Å². The Kier molecular flexibility index (Phi) is 4.90. The van der Waals surface area contributed by atoms with E-state index in [9.17, 15) is 4.79 Å². The maximum atomic E-state index is 11.6. The van der Waals surface area contributed by atoms with Gasteiger partial charge in [-0.3, -0.25) is 0 Å². The van der Waals surface area contributed by atoms with Crippen LogP contribution in [0.1, 0.15) is 56.3 Å². The summed E-state index contributed by atoms with van der Waals surface area (Å²) < 4.78 is 15.5. The molecule has 0 radical (unpaired) electrons. The molecule has 0 amide bonds. The topological polar surface area (TPSA) is 61.6 Å². The molecular weight excluding hydrogens is 234 g/mol. The molecule has 0 aliphatic heterocycles. The SMILES string of the molecule is CCCOCc1nc(C(C)(C)C)c(C(=O)OC)o1. The fraction of sp³-hybridized carbons (Fsp3) is 0.692. The number of ether oxygens (including phenoxy) is 2. The molecule has 102 valence electrons. The molecule has 0 atom stereocenters. The number of carbonyl (C=O) groups is 1. The van der Waals surface area contributed by atoms with Gasteiger partial charge in [0.15, 0.2) is 0 Å². The predicted molar refractivity (Wildman–Crippen MR) is 66.5 cm³/mol. The first-order valence-corrected chi connectivity index (χ1v) is 6.06. The Bertz CT molecular complexity index is 404. The largest absolute Gasteiger partial charge is 0.463 e. The van der Waals surface area contributed by atoms with Crippen LogP contribution in [0.2, 0.25) is 0 Å². The van der Waals surface area contributed by atoms with E-state index in [1.807, 2.05) is 27.7 Å². The van der Waals surface area contributed by atoms with Crippen LogP contribution in [0.4, 0.5) is 0 Å². The molecule has 1 rings (SSSR count). The first-order valence-electron chi connectivity index (χ1n) is 6.06. The monoisotopic (exact) mass is 255 g/mol. The Balaban J connectivity index is 2.97. The van der Waals surface area contributed by atoms with Gasteiger partial charge in [0.05, 0.1) is 12.8 Å². The predicted octanol–water partition coefficient (Wildman–Crippen LogP) is 2.69. The van der Waals surface area contributed by atoms with Crippen LogP contribution in [0.3, 0.4) is 0 Å². The third-order valence-corrected chi connectivity index (χ3v) is 2.33. The Morgan fingerprint density at radius 1 is 1.39 bits per heavy atom. The van der Waals surface area contributed by atoms with Gasteiger partial charge >= 0.3 is 5.97 Å². The van der Waals surface area contributed by atoms with E-state index < -0.39 is 5.97 Å². The van der Waals surface area contributed by atoms with E-state index in [-0.39, 0.29) is 17.8 Å². The number of hydrogen-bond donors (Lipinski definition) is 0. The molecule has 0 saturated heterocycles. The van der Waals surface area contributed by atoms with Crippen molar-refractivity contribution in [2.24, 2.45) is 0 Å². The molecule has 0 aromatic carbocycles. The molecule has 0 unspecified atom stereocenters. The van der Waals surface area contributed by atoms with Crippen molar-refractivity contribution in [3.05, 3.63) is 17.3 Å². The summed E-state index contributed by atoms with van der Waals surface area (Å²) in [4.78, 5) is 16.0. The van der Waals surface area contributed by atoms with E-state index in [0.29, 0.717) is 18.2 Å². The second-order valence-corrected chi connectivity index (χ2v) is 5.08. The summed E-state index contributed by atoms with van der Waals surface area (Å²) in [6.45, 7) is 8.83. The van der Waals surface area contributed by atoms with Crippen molar-refractivity contribution in [3.63, 3.8) is 0 Å². The highest BCUT2D eigenvalue weighted by atomic mass is 16.5. The minimum atomic E-state index is -0.505. The molecule has 1 aromatic heterocycles. The van der Waals surface area contributed by atoms with Crippen molar-refractivity contribution < 1.29 is 18.7 Å². The van der Waals surface area contributed by atoms with Crippen LogP contribution in [0.15, 0.2) is 4.42 Å². The van der Waals surface area contributed by atoms with Crippen LogP contribution in [-0.2, 0) is 21.5 Å². The quantitative estimate of drug-likeness (QED) is 0.598. The van der Waals surface area contributed by atoms with Crippen molar-refractivity contribution in [2.75, 3.05) is 13.7 Å². The number of rotatable bonds is 5. The second-order valence-electron chi connectivity index (χ2n) is 5.08. The maximum Gasteiger partial charge on any atom is 0.376 e. The molecule has 0 aliphatic rings. The van der Waals surface area contributed by atoms with E-state index in [0.717, 1.165) is 6.42 Å². The molecule has 1 aromatic rings. The summed E-state index contributed by atoms with van der Waals surface area (Å²) in [7, 11) is 1.32. The van der Waals surface area contributed by atoms with Gasteiger partial charge in [0.25, 0.3) is 0 Å². The van der Waals surface area contributed by atoms with Crippen molar-refractivity contribution in [2.45, 2.75) is 46.1 Å². The molecule has 0 bridgehead atoms. The van der Waals surface area contributed by atoms with Crippen molar-refractivity contribution in [3.8, 4) is 0 Å². The van der Waals surface area contributed by atoms with E-state index in [1.165, 1.54) is 7.11 Å². The minimum Gasteiger partial charge on any atom is -0.463 e. The molecule has 18 heavy (non-hydrogen) atoms. The fourth-order valence-corrected chi connectivity index (χ4v) is 1.47. The lowest BCUT2D eigenvalue weighted by Gasteiger charge is -2.15. The number of methoxy groups -OCH3 is 1. The number of aromatic nitrogens is 1. The standard InChI is InChI=1S/C13H21NO4/c1-6-7-17-8-9-14-11(13(2,3)4)10(18-9)12(15)16-5/h6-8H2,1-5H3. The number of nitrogens with zero attached hydrogens (tertiary/aromatic N) is 1. The molecule has 0 spiro atoms. The van der Waals surface area contributed by atoms with Crippen LogP contribution >= 0.6 is 0 Å². The van der Waals surface area contributed by atoms with Gasteiger partial charge < -0.3 is 13.9 Å². The zero-order valence-electron chi connectivity index (χ0n) is 11.7. The summed E-state index contributed by atoms with van der Waals surface area (Å²) in [5.41, 5.74) is 0.320. The van der Waals surface area contributed by atoms with E-state index in [2.05, 4.69) is 4.98 Å². The average Bonchev–Trinajstić information content (AvgIpc) is 2.72. The van der Waals surface area contributed by atoms with E-state index >= 15 is 0 Å². The lowest BCUT2D eigenvalue weighted by atomic mass is 9.91. The lowest BCUT2D eigenvalue weighted by molar-refractivity contribution is 0.0548. The fourth-order valence-electron chi connectivity index (χ4n) is 1.47. The van der Waals surface area contributed by atoms with Gasteiger partial charge in [-0.05, 0) is 6.42 Å². The van der Waals surface area contributed by atoms with Crippen molar-refractivity contribution in [1.29, 1.82) is 0 Å². The number of oxazole rings is 1. The van der Waals surface area contributed by atoms with Crippen LogP contribution in [0, 0.1) is 0 Å². The van der Waals surface area contributed by atoms with Gasteiger partial charge in [-0.15, -0.1) is 0 Å². The normalized spacial score (nSPS) is 11.6. The number of carbonyl (C=O) groups excluding carboxylic acids is 1. The molecule has 1 heterocycles. The maximum absolute atomic E-state index is 11.6. The average molecular weight is 255 g/mol. The summed E-state index contributed by atoms with van der Waals surface area (Å²) in [5, 5.41) is 0. The van der Waals surface area contributed by atoms with Gasteiger partial charge in [-0.1, -0.05) is 27.7 Å². The first-order chi connectivity index (χ1) is 8.40. The van der Waals surface area contributed by atoms with Crippen LogP contribution in [0.25, 0.3) is 0 Å². The Morgan fingerprint density at radius 2 is 2.06 bits per heavy atom. The summed E-state index contributed by atoms with van der Waals surface area (Å²) >= 11 is 0. The minimum absolute atomic E-state index is 0.167. The molecule has 5 nitrogen and oxygen atoms in total. The van der Waals surface area contributed by atoms with E-state index in [1.54, 1.807) is 0 Å². The summed E-state index contributed by atoms with van der Waals surface area (Å²) in [6, 6.07) is 0. The number of esters is 1. The molecule has 0 saturated carbocycles. The Morgan fingerprint density at radius 3 is 2.56 bits per heavy atom. The van der Waals surface area contributed by atoms with Gasteiger partial charge in [-0.2, -0.15) is 0 Å². The van der Waals surface area contributed by atoms with Crippen LogP contribution < -0.4 is 0 Å². The van der Waals surface area contributed by atoms with Gasteiger partial charge in [0, 0.05) is 12.0 Å². The molecule has 5 heteroatoms. The zero-order chi connectivity index (χ0) is 13.8. The van der Waals surface area contributed by atoms with Gasteiger partial charge in [-0.25, -0.2) is 9.78 Å². The van der Waals surface area contributed by atoms with Crippen molar-refractivity contribution >= 4 is 5.97 Å². The summed E-state index contributed by atoms with van der Waals surface area (Å²) in [5.74, 6) is 0.0723. The Labute approximate surface area is 107 Å². The van der Waals surface area contributed by atoms with Gasteiger partial charge in [0.1, 0.15) is 6.61 Å². The van der Waals surface area contributed by atoms with Crippen LogP contribution in [0.5, 0.6) is 0 Å². The molecule has 0 N–H and O–H groups in total. The third-order valence-electron chi connectivity index (χ3n) is 2.33. The second kappa shape index (κ2) is 6.00. The zero-order valence-corrected chi connectivity index (χ0v) is 11.7. The highest BCUT2D eigenvalue weighted by Crippen LogP contribution is 2.26. The molecule has 0 aliphatic carbocycles. The highest BCUT2D eigenvalue weighted by Gasteiger charge is 2.29. The summed E-state index contributed by atoms with van der Waals surface area (Å²) in [6.07, 6.45) is 0.927. The third kappa shape index (κ3) is 3.57. The van der Waals surface area contributed by atoms with E-state index in [4.69, 9.17) is 13.9 Å². The molecular formula is C13H21NO4. The lowest BCUT2D eigenvalue weighted by Crippen LogP contribution is -2.17.